The Morgan fingerprint density at radius 3 is 1.86 bits per heavy atom. The summed E-state index contributed by atoms with van der Waals surface area (Å²) in [7, 11) is 1.35. The van der Waals surface area contributed by atoms with Crippen molar-refractivity contribution in [1.29, 1.82) is 0 Å². The molecule has 0 spiro atoms. The maximum absolute atomic E-state index is 13.7. The molecule has 0 atom stereocenters. The molecule has 5 aromatic carbocycles. The second-order valence-corrected chi connectivity index (χ2v) is 11.7. The van der Waals surface area contributed by atoms with Crippen LogP contribution in [0.4, 0.5) is 8.78 Å². The third-order valence-electron chi connectivity index (χ3n) is 7.95. The number of halogens is 2. The number of hydrogen-bond acceptors (Lipinski definition) is 6. The highest BCUT2D eigenvalue weighted by Gasteiger charge is 2.17. The molecule has 5 rings (SSSR count). The number of allylic oxidation sites excluding steroid dienone is 1. The van der Waals surface area contributed by atoms with E-state index in [2.05, 4.69) is 26.5 Å². The maximum Gasteiger partial charge on any atom is 0.341 e. The van der Waals surface area contributed by atoms with Crippen LogP contribution in [-0.2, 0) is 24.2 Å². The van der Waals surface area contributed by atoms with Crippen LogP contribution in [0.25, 0.3) is 11.1 Å². The first kappa shape index (κ1) is 53.4. The van der Waals surface area contributed by atoms with Crippen molar-refractivity contribution in [3.63, 3.8) is 0 Å². The Labute approximate surface area is 354 Å². The zero-order chi connectivity index (χ0) is 43.1. The number of aryl methyl sites for hydroxylation is 1. The molecule has 6 nitrogen and oxygen atoms in total. The van der Waals surface area contributed by atoms with E-state index in [0.717, 1.165) is 58.6 Å². The second-order valence-electron chi connectivity index (χ2n) is 11.7. The molecule has 0 aliphatic heterocycles. The number of methoxy groups -OCH3 is 1. The van der Waals surface area contributed by atoms with Crippen molar-refractivity contribution in [2.24, 2.45) is 0 Å². The number of carbonyl (C=O) groups is 1. The van der Waals surface area contributed by atoms with Crippen molar-refractivity contribution in [1.82, 2.24) is 0 Å². The highest BCUT2D eigenvalue weighted by Crippen LogP contribution is 2.38. The molecule has 0 heterocycles. The first-order valence-corrected chi connectivity index (χ1v) is 20.4. The Morgan fingerprint density at radius 1 is 0.695 bits per heavy atom. The quantitative estimate of drug-likeness (QED) is 0.0529. The normalized spacial score (nSPS) is 9.47. The van der Waals surface area contributed by atoms with E-state index in [0.29, 0.717) is 49.1 Å². The smallest absolute Gasteiger partial charge is 0.341 e. The van der Waals surface area contributed by atoms with E-state index in [4.69, 9.17) is 23.7 Å². The Kier molecular flexibility index (Phi) is 29.3. The molecule has 0 aliphatic carbocycles. The van der Waals surface area contributed by atoms with Crippen LogP contribution in [0.2, 0.25) is 0 Å². The van der Waals surface area contributed by atoms with E-state index < -0.39 is 12.6 Å². The number of rotatable bonds is 17. The van der Waals surface area contributed by atoms with E-state index in [9.17, 15) is 13.6 Å². The maximum atomic E-state index is 13.7. The van der Waals surface area contributed by atoms with Gasteiger partial charge in [-0.05, 0) is 72.0 Å². The van der Waals surface area contributed by atoms with Gasteiger partial charge in [-0.1, -0.05) is 136 Å². The molecule has 0 fully saturated rings. The van der Waals surface area contributed by atoms with Crippen LogP contribution >= 0.6 is 0 Å². The van der Waals surface area contributed by atoms with Gasteiger partial charge in [0.05, 0.1) is 20.3 Å². The number of para-hydroxylation sites is 1. The highest BCUT2D eigenvalue weighted by atomic mass is 19.1. The Bertz CT molecular complexity index is 1860. The molecule has 0 unspecified atom stereocenters. The van der Waals surface area contributed by atoms with Crippen molar-refractivity contribution < 1.29 is 37.3 Å². The number of alkyl halides is 1. The summed E-state index contributed by atoms with van der Waals surface area (Å²) in [4.78, 5) is 12.3. The van der Waals surface area contributed by atoms with E-state index in [1.807, 2.05) is 102 Å². The van der Waals surface area contributed by atoms with Crippen LogP contribution in [0.3, 0.4) is 0 Å². The first-order valence-electron chi connectivity index (χ1n) is 20.4. The average Bonchev–Trinajstić information content (AvgIpc) is 3.29. The van der Waals surface area contributed by atoms with Crippen LogP contribution in [0.1, 0.15) is 103 Å². The van der Waals surface area contributed by atoms with Gasteiger partial charge in [-0.2, -0.15) is 0 Å². The number of benzene rings is 5. The predicted molar refractivity (Wildman–Crippen MR) is 243 cm³/mol. The van der Waals surface area contributed by atoms with E-state index >= 15 is 0 Å². The minimum atomic E-state index is -0.457. The summed E-state index contributed by atoms with van der Waals surface area (Å²) in [5.41, 5.74) is 5.13. The topological polar surface area (TPSA) is 63.2 Å². The third kappa shape index (κ3) is 17.8. The molecule has 0 N–H and O–H groups in total. The molecule has 8 heteroatoms. The van der Waals surface area contributed by atoms with E-state index in [1.165, 1.54) is 25.3 Å². The minimum absolute atomic E-state index is 0. The van der Waals surface area contributed by atoms with Gasteiger partial charge in [0, 0.05) is 23.6 Å². The van der Waals surface area contributed by atoms with Gasteiger partial charge in [0.2, 0.25) is 0 Å². The molecule has 0 saturated heterocycles. The van der Waals surface area contributed by atoms with Crippen molar-refractivity contribution >= 4 is 5.97 Å². The van der Waals surface area contributed by atoms with Crippen LogP contribution in [0, 0.1) is 5.82 Å². The molecule has 5 aromatic rings. The number of carbonyl (C=O) groups excluding carboxylic acids is 1. The Morgan fingerprint density at radius 2 is 1.27 bits per heavy atom. The summed E-state index contributed by atoms with van der Waals surface area (Å²) in [6, 6.07) is 33.2. The Hall–Kier alpha value is -5.63. The lowest BCUT2D eigenvalue weighted by Gasteiger charge is -2.18. The van der Waals surface area contributed by atoms with Gasteiger partial charge in [0.25, 0.3) is 0 Å². The van der Waals surface area contributed by atoms with E-state index in [1.54, 1.807) is 30.3 Å². The monoisotopic (exact) mass is 814 g/mol. The number of ether oxygens (including phenoxy) is 5. The van der Waals surface area contributed by atoms with Crippen molar-refractivity contribution in [2.45, 2.75) is 95.1 Å². The fourth-order valence-electron chi connectivity index (χ4n) is 5.38. The van der Waals surface area contributed by atoms with Gasteiger partial charge >= 0.3 is 5.97 Å². The summed E-state index contributed by atoms with van der Waals surface area (Å²) in [5, 5.41) is 0. The predicted octanol–water partition coefficient (Wildman–Crippen LogP) is 14.9. The average molecular weight is 815 g/mol. The molecule has 0 bridgehead atoms. The second kappa shape index (κ2) is 32.3. The Balaban J connectivity index is 0.00000280. The van der Waals surface area contributed by atoms with Crippen LogP contribution < -0.4 is 18.9 Å². The first-order chi connectivity index (χ1) is 28.4. The molecule has 322 valence electrons. The largest absolute Gasteiger partial charge is 0.493 e. The van der Waals surface area contributed by atoms with Crippen molar-refractivity contribution in [3.05, 3.63) is 150 Å². The molecular weight excluding hydrogens is 747 g/mol. The van der Waals surface area contributed by atoms with Gasteiger partial charge in [-0.3, -0.25) is 0 Å². The summed E-state index contributed by atoms with van der Waals surface area (Å²) < 4.78 is 54.4. The molecule has 0 aliphatic rings. The zero-order valence-electron chi connectivity index (χ0n) is 36.0. The highest BCUT2D eigenvalue weighted by molar-refractivity contribution is 5.92. The third-order valence-corrected chi connectivity index (χ3v) is 7.95. The van der Waals surface area contributed by atoms with Gasteiger partial charge in [-0.15, -0.1) is 6.58 Å². The van der Waals surface area contributed by atoms with E-state index in [-0.39, 0.29) is 13.2 Å². The lowest BCUT2D eigenvalue weighted by Crippen LogP contribution is -2.08. The minimum Gasteiger partial charge on any atom is -0.493 e. The summed E-state index contributed by atoms with van der Waals surface area (Å²) >= 11 is 0. The summed E-state index contributed by atoms with van der Waals surface area (Å²) in [6.07, 6.45) is 4.24. The van der Waals surface area contributed by atoms with Crippen molar-refractivity contribution in [3.8, 4) is 39.9 Å². The van der Waals surface area contributed by atoms with Gasteiger partial charge < -0.3 is 23.7 Å². The fourth-order valence-corrected chi connectivity index (χ4v) is 5.38. The fraction of sp³-hybridized carbons (Fsp3) is 0.353. The van der Waals surface area contributed by atoms with Gasteiger partial charge in [-0.25, -0.2) is 13.6 Å². The number of esters is 1. The van der Waals surface area contributed by atoms with Gasteiger partial charge in [0.15, 0.2) is 0 Å². The zero-order valence-corrected chi connectivity index (χ0v) is 36.0. The number of hydrogen-bond donors (Lipinski definition) is 0. The summed E-state index contributed by atoms with van der Waals surface area (Å²) in [6.45, 7) is 20.1. The molecule has 59 heavy (non-hydrogen) atoms. The SMILES string of the molecule is C.C=CCF.CC.CC.CC.CCCc1c(OCCCOc2cc(OCc3ccccc3)c(-c3ccc(F)cc3)cc2CC)cccc1Oc1ccccc1C(=O)OC. The molecule has 0 aromatic heterocycles. The lowest BCUT2D eigenvalue weighted by molar-refractivity contribution is 0.0598. The molecule has 0 saturated carbocycles. The van der Waals surface area contributed by atoms with Gasteiger partial charge in [0.1, 0.15) is 53.4 Å². The standard InChI is InChI=1S/C41H41FO6.C3H5F.3C2H6.CH4/c1-4-13-33-36(18-11-19-37(33)48-38-17-10-9-16-34(38)41(43)44-3)45-24-12-25-46-39-27-40(47-28-29-14-7-6-8-15-29)35(26-30(39)5-2)31-20-22-32(42)23-21-31;1-2-3-4;3*1-2;/h6-11,14-23,26-27H,4-5,12-13,24-25,28H2,1-3H3;2H,1,3H2;3*1-2H3;1H4. The molecular formula is C51H68F2O6. The lowest BCUT2D eigenvalue weighted by atomic mass is 10.00. The van der Waals surface area contributed by atoms with Crippen molar-refractivity contribution in [2.75, 3.05) is 27.0 Å². The van der Waals surface area contributed by atoms with Crippen LogP contribution in [0.5, 0.6) is 28.7 Å². The summed E-state index contributed by atoms with van der Waals surface area (Å²) in [5.74, 6) is 2.48. The molecule has 0 amide bonds. The van der Waals surface area contributed by atoms with Crippen LogP contribution in [0.15, 0.2) is 122 Å². The van der Waals surface area contributed by atoms with Crippen LogP contribution in [-0.4, -0.2) is 33.0 Å². The molecule has 0 radical (unpaired) electrons.